The van der Waals surface area contributed by atoms with E-state index in [4.69, 9.17) is 24.9 Å². The number of ether oxygens (including phenoxy) is 1. The normalized spacial score (nSPS) is 23.0. The van der Waals surface area contributed by atoms with E-state index in [1.165, 1.54) is 6.33 Å². The van der Waals surface area contributed by atoms with Crippen LogP contribution >= 0.6 is 0 Å². The zero-order chi connectivity index (χ0) is 25.6. The van der Waals surface area contributed by atoms with Gasteiger partial charge in [0.1, 0.15) is 24.1 Å². The molecule has 1 aliphatic heterocycles. The van der Waals surface area contributed by atoms with Gasteiger partial charge in [0, 0.05) is 4.91 Å². The van der Waals surface area contributed by atoms with Crippen LogP contribution in [0.5, 0.6) is 0 Å². The summed E-state index contributed by atoms with van der Waals surface area (Å²) in [5, 5.41) is 3.87. The molecule has 1 fully saturated rings. The Morgan fingerprint density at radius 3 is 2.09 bits per heavy atom. The lowest BCUT2D eigenvalue weighted by Crippen LogP contribution is -2.51. The Morgan fingerprint density at radius 2 is 1.54 bits per heavy atom. The molecule has 0 radical (unpaired) electrons. The van der Waals surface area contributed by atoms with E-state index in [0.29, 0.717) is 17.0 Å². The number of imidazole rings is 1. The first-order valence-electron chi connectivity index (χ1n) is 12.8. The highest BCUT2D eigenvalue weighted by Gasteiger charge is 2.52. The number of azide groups is 1. The lowest BCUT2D eigenvalue weighted by molar-refractivity contribution is -0.0281. The van der Waals surface area contributed by atoms with Gasteiger partial charge in [-0.2, -0.15) is 0 Å². The van der Waals surface area contributed by atoms with Crippen molar-refractivity contribution in [3.05, 3.63) is 23.1 Å². The molecule has 194 valence electrons. The number of nitrogens with two attached hydrogens (primary N) is 1. The third kappa shape index (κ3) is 5.39. The standard InChI is InChI=1S/C22H40N8O3Si2/c1-7-34(8-2,9-3)32-18-16(13-28-29-24)31-22(19(18)33-35(10-4,11-5)12-6)30-15-27-17-20(23)25-14-26-21(17)30/h14-16,18-19,22H,7-13H2,1-6H3,(H2,23,25,26)/t16-,18-,19-,22-/m1/s1. The molecule has 1 aliphatic rings. The van der Waals surface area contributed by atoms with Crippen LogP contribution in [0, 0.1) is 0 Å². The number of hydrogen-bond donors (Lipinski definition) is 1. The topological polar surface area (TPSA) is 146 Å². The van der Waals surface area contributed by atoms with E-state index in [1.54, 1.807) is 6.33 Å². The Bertz CT molecular complexity index is 1010. The summed E-state index contributed by atoms with van der Waals surface area (Å²) in [5.41, 5.74) is 16.2. The summed E-state index contributed by atoms with van der Waals surface area (Å²) in [5.74, 6) is 0.316. The van der Waals surface area contributed by atoms with Gasteiger partial charge in [0.05, 0.1) is 19.0 Å². The number of nitrogens with zero attached hydrogens (tertiary/aromatic N) is 7. The van der Waals surface area contributed by atoms with Gasteiger partial charge in [-0.25, -0.2) is 15.0 Å². The Balaban J connectivity index is 2.14. The first-order valence-corrected chi connectivity index (χ1v) is 17.9. The predicted molar refractivity (Wildman–Crippen MR) is 142 cm³/mol. The molecule has 2 aromatic rings. The van der Waals surface area contributed by atoms with Crippen LogP contribution in [-0.2, 0) is 13.6 Å². The molecule has 0 amide bonds. The molecule has 0 aromatic carbocycles. The van der Waals surface area contributed by atoms with Gasteiger partial charge in [0.25, 0.3) is 0 Å². The highest BCUT2D eigenvalue weighted by molar-refractivity contribution is 6.74. The minimum absolute atomic E-state index is 0.168. The third-order valence-electron chi connectivity index (χ3n) is 7.91. The van der Waals surface area contributed by atoms with Gasteiger partial charge < -0.3 is 19.3 Å². The van der Waals surface area contributed by atoms with Crippen molar-refractivity contribution in [1.29, 1.82) is 0 Å². The second kappa shape index (κ2) is 11.8. The molecule has 2 aromatic heterocycles. The largest absolute Gasteiger partial charge is 0.408 e. The average molecular weight is 521 g/mol. The Hall–Kier alpha value is -2.03. The fraction of sp³-hybridized carbons (Fsp3) is 0.773. The van der Waals surface area contributed by atoms with Crippen molar-refractivity contribution < 1.29 is 13.6 Å². The van der Waals surface area contributed by atoms with E-state index in [-0.39, 0.29) is 18.8 Å². The Morgan fingerprint density at radius 1 is 0.971 bits per heavy atom. The highest BCUT2D eigenvalue weighted by Crippen LogP contribution is 2.41. The maximum absolute atomic E-state index is 9.07. The summed E-state index contributed by atoms with van der Waals surface area (Å²) in [6, 6.07) is 5.98. The molecule has 3 rings (SSSR count). The quantitative estimate of drug-likeness (QED) is 0.161. The first-order chi connectivity index (χ1) is 16.9. The summed E-state index contributed by atoms with van der Waals surface area (Å²) in [6.07, 6.45) is 1.40. The van der Waals surface area contributed by atoms with Crippen molar-refractivity contribution in [1.82, 2.24) is 19.5 Å². The summed E-state index contributed by atoms with van der Waals surface area (Å²) in [7, 11) is -4.10. The fourth-order valence-corrected chi connectivity index (χ4v) is 10.8. The van der Waals surface area contributed by atoms with Crippen molar-refractivity contribution in [2.24, 2.45) is 5.11 Å². The maximum atomic E-state index is 9.07. The van der Waals surface area contributed by atoms with Crippen LogP contribution in [0.1, 0.15) is 47.8 Å². The van der Waals surface area contributed by atoms with Crippen LogP contribution in [0.15, 0.2) is 17.8 Å². The summed E-state index contributed by atoms with van der Waals surface area (Å²) < 4.78 is 22.6. The smallest absolute Gasteiger partial charge is 0.192 e. The fourth-order valence-electron chi connectivity index (χ4n) is 5.10. The molecule has 3 heterocycles. The van der Waals surface area contributed by atoms with Crippen molar-refractivity contribution in [3.8, 4) is 0 Å². The molecular weight excluding hydrogens is 480 g/mol. The molecule has 0 spiro atoms. The molecule has 0 unspecified atom stereocenters. The zero-order valence-corrected chi connectivity index (χ0v) is 23.8. The van der Waals surface area contributed by atoms with E-state index in [1.807, 2.05) is 4.57 Å². The average Bonchev–Trinajstić information content (AvgIpc) is 3.46. The Labute approximate surface area is 209 Å². The van der Waals surface area contributed by atoms with Crippen LogP contribution in [-0.4, -0.2) is 61.0 Å². The molecule has 2 N–H and O–H groups in total. The minimum atomic E-state index is -2.06. The molecule has 35 heavy (non-hydrogen) atoms. The molecule has 1 saturated heterocycles. The molecule has 11 nitrogen and oxygen atoms in total. The van der Waals surface area contributed by atoms with Gasteiger partial charge in [-0.3, -0.25) is 4.57 Å². The predicted octanol–water partition coefficient (Wildman–Crippen LogP) is 5.40. The lowest BCUT2D eigenvalue weighted by atomic mass is 10.1. The second-order valence-electron chi connectivity index (χ2n) is 9.21. The number of aromatic nitrogens is 4. The van der Waals surface area contributed by atoms with Crippen LogP contribution in [0.25, 0.3) is 21.6 Å². The second-order valence-corrected chi connectivity index (χ2v) is 18.7. The van der Waals surface area contributed by atoms with Gasteiger partial charge in [-0.1, -0.05) is 46.7 Å². The van der Waals surface area contributed by atoms with Crippen LogP contribution in [0.4, 0.5) is 5.82 Å². The van der Waals surface area contributed by atoms with Crippen molar-refractivity contribution in [3.63, 3.8) is 0 Å². The zero-order valence-electron chi connectivity index (χ0n) is 21.8. The summed E-state index contributed by atoms with van der Waals surface area (Å²) in [4.78, 5) is 16.0. The van der Waals surface area contributed by atoms with Crippen molar-refractivity contribution in [2.45, 2.75) is 102 Å². The number of anilines is 1. The molecule has 0 saturated carbocycles. The van der Waals surface area contributed by atoms with Crippen molar-refractivity contribution in [2.75, 3.05) is 12.3 Å². The van der Waals surface area contributed by atoms with E-state index in [2.05, 4.69) is 66.5 Å². The molecule has 13 heteroatoms. The first kappa shape index (κ1) is 27.6. The molecule has 0 aliphatic carbocycles. The number of fused-ring (bicyclic) bond motifs is 1. The number of hydrogen-bond acceptors (Lipinski definition) is 8. The van der Waals surface area contributed by atoms with E-state index < -0.39 is 29.0 Å². The number of rotatable bonds is 13. The SMILES string of the molecule is CC[Si](CC)(CC)O[C@@H]1[C@H](O[Si](CC)(CC)CC)[C@@H](CN=[N+]=[N-])O[C@H]1n1cnc2c(N)ncnc21. The maximum Gasteiger partial charge on any atom is 0.192 e. The lowest BCUT2D eigenvalue weighted by Gasteiger charge is -2.39. The van der Waals surface area contributed by atoms with Crippen LogP contribution in [0.3, 0.4) is 0 Å². The van der Waals surface area contributed by atoms with E-state index in [0.717, 1.165) is 36.3 Å². The summed E-state index contributed by atoms with van der Waals surface area (Å²) in [6.45, 7) is 13.4. The molecule has 4 atom stereocenters. The van der Waals surface area contributed by atoms with Gasteiger partial charge in [-0.05, 0) is 41.8 Å². The van der Waals surface area contributed by atoms with Gasteiger partial charge in [-0.15, -0.1) is 0 Å². The Kier molecular flexibility index (Phi) is 9.30. The van der Waals surface area contributed by atoms with E-state index >= 15 is 0 Å². The third-order valence-corrected chi connectivity index (χ3v) is 17.2. The molecular formula is C22H40N8O3Si2. The highest BCUT2D eigenvalue weighted by atomic mass is 28.4. The van der Waals surface area contributed by atoms with Crippen LogP contribution < -0.4 is 5.73 Å². The minimum Gasteiger partial charge on any atom is -0.408 e. The monoisotopic (exact) mass is 520 g/mol. The van der Waals surface area contributed by atoms with Crippen LogP contribution in [0.2, 0.25) is 36.3 Å². The number of nitrogen functional groups attached to an aromatic ring is 1. The van der Waals surface area contributed by atoms with Gasteiger partial charge >= 0.3 is 0 Å². The van der Waals surface area contributed by atoms with E-state index in [9.17, 15) is 0 Å². The van der Waals surface area contributed by atoms with Gasteiger partial charge in [0.15, 0.2) is 34.3 Å². The van der Waals surface area contributed by atoms with Gasteiger partial charge in [0.2, 0.25) is 0 Å². The molecule has 0 bridgehead atoms. The van der Waals surface area contributed by atoms with Crippen molar-refractivity contribution >= 4 is 33.6 Å². The summed E-state index contributed by atoms with van der Waals surface area (Å²) >= 11 is 0.